The molecule has 0 spiro atoms. The summed E-state index contributed by atoms with van der Waals surface area (Å²) in [4.78, 5) is 30.0. The van der Waals surface area contributed by atoms with Gasteiger partial charge in [-0.3, -0.25) is 14.6 Å². The van der Waals surface area contributed by atoms with Crippen molar-refractivity contribution in [2.24, 2.45) is 0 Å². The molecule has 1 aromatic rings. The number of carbonyl (C=O) groups is 2. The van der Waals surface area contributed by atoms with Gasteiger partial charge in [0.1, 0.15) is 6.10 Å². The summed E-state index contributed by atoms with van der Waals surface area (Å²) < 4.78 is 5.28. The van der Waals surface area contributed by atoms with Gasteiger partial charge in [-0.05, 0) is 38.8 Å². The van der Waals surface area contributed by atoms with E-state index < -0.39 is 6.10 Å². The highest BCUT2D eigenvalue weighted by Crippen LogP contribution is 2.14. The fourth-order valence-corrected chi connectivity index (χ4v) is 2.55. The Kier molecular flexibility index (Phi) is 5.89. The van der Waals surface area contributed by atoms with Crippen LogP contribution in [0.2, 0.25) is 0 Å². The van der Waals surface area contributed by atoms with Crippen LogP contribution in [0.5, 0.6) is 0 Å². The van der Waals surface area contributed by atoms with Crippen LogP contribution >= 0.6 is 0 Å². The molecule has 0 unspecified atom stereocenters. The predicted octanol–water partition coefficient (Wildman–Crippen LogP) is 1.23. The van der Waals surface area contributed by atoms with Crippen LogP contribution in [0, 0.1) is 0 Å². The van der Waals surface area contributed by atoms with Crippen LogP contribution in [0.25, 0.3) is 0 Å². The maximum atomic E-state index is 12.3. The lowest BCUT2D eigenvalue weighted by atomic mass is 10.0. The van der Waals surface area contributed by atoms with Gasteiger partial charge in [0, 0.05) is 43.7 Å². The topological polar surface area (TPSA) is 71.5 Å². The van der Waals surface area contributed by atoms with Crippen LogP contribution in [0.1, 0.15) is 37.0 Å². The van der Waals surface area contributed by atoms with Crippen molar-refractivity contribution >= 4 is 11.8 Å². The summed E-state index contributed by atoms with van der Waals surface area (Å²) in [7, 11) is 0. The molecule has 1 N–H and O–H groups in total. The number of pyridine rings is 1. The van der Waals surface area contributed by atoms with E-state index in [4.69, 9.17) is 4.74 Å². The number of hydrogen-bond acceptors (Lipinski definition) is 4. The predicted molar refractivity (Wildman–Crippen MR) is 82.4 cm³/mol. The van der Waals surface area contributed by atoms with Crippen LogP contribution < -0.4 is 5.32 Å². The molecule has 0 aromatic carbocycles. The first-order chi connectivity index (χ1) is 10.6. The number of piperidine rings is 1. The Morgan fingerprint density at radius 1 is 1.36 bits per heavy atom. The lowest BCUT2D eigenvalue weighted by Gasteiger charge is -2.33. The number of hydrogen-bond donors (Lipinski definition) is 1. The summed E-state index contributed by atoms with van der Waals surface area (Å²) in [5.74, 6) is -0.0596. The zero-order valence-electron chi connectivity index (χ0n) is 13.1. The van der Waals surface area contributed by atoms with Gasteiger partial charge in [0.25, 0.3) is 5.91 Å². The van der Waals surface area contributed by atoms with Crippen molar-refractivity contribution < 1.29 is 14.3 Å². The molecule has 0 radical (unpaired) electrons. The highest BCUT2D eigenvalue weighted by molar-refractivity contribution is 5.94. The van der Waals surface area contributed by atoms with Crippen molar-refractivity contribution in [3.63, 3.8) is 0 Å². The van der Waals surface area contributed by atoms with Crippen molar-refractivity contribution in [1.29, 1.82) is 0 Å². The van der Waals surface area contributed by atoms with Crippen LogP contribution in [-0.2, 0) is 9.53 Å². The van der Waals surface area contributed by atoms with Crippen molar-refractivity contribution in [3.05, 3.63) is 30.1 Å². The fraction of sp³-hybridized carbons (Fsp3) is 0.562. The molecule has 1 fully saturated rings. The summed E-state index contributed by atoms with van der Waals surface area (Å²) in [6.07, 6.45) is 4.34. The second-order valence-electron chi connectivity index (χ2n) is 5.41. The van der Waals surface area contributed by atoms with E-state index in [9.17, 15) is 9.59 Å². The van der Waals surface area contributed by atoms with Gasteiger partial charge in [-0.2, -0.15) is 0 Å². The molecule has 1 aliphatic heterocycles. The van der Waals surface area contributed by atoms with Gasteiger partial charge in [-0.1, -0.05) is 0 Å². The minimum atomic E-state index is -0.429. The molecular weight excluding hydrogens is 282 g/mol. The zero-order valence-corrected chi connectivity index (χ0v) is 13.1. The standard InChI is InChI=1S/C16H23N3O3/c1-3-22-12(2)15(20)18-14-6-10-19(11-7-14)16(21)13-4-8-17-9-5-13/h4-5,8-9,12,14H,3,6-7,10-11H2,1-2H3,(H,18,20)/t12-/m0/s1. The summed E-state index contributed by atoms with van der Waals surface area (Å²) in [5, 5.41) is 2.99. The third-order valence-corrected chi connectivity index (χ3v) is 3.84. The van der Waals surface area contributed by atoms with Crippen molar-refractivity contribution in [2.45, 2.75) is 38.8 Å². The molecule has 1 aromatic heterocycles. The number of amides is 2. The van der Waals surface area contributed by atoms with Crippen molar-refractivity contribution in [3.8, 4) is 0 Å². The third-order valence-electron chi connectivity index (χ3n) is 3.84. The molecule has 6 heteroatoms. The van der Waals surface area contributed by atoms with Gasteiger partial charge in [0.2, 0.25) is 5.91 Å². The molecule has 0 saturated carbocycles. The summed E-state index contributed by atoms with van der Waals surface area (Å²) >= 11 is 0. The largest absolute Gasteiger partial charge is 0.369 e. The molecule has 1 aliphatic rings. The summed E-state index contributed by atoms with van der Waals surface area (Å²) in [6.45, 7) is 5.44. The Balaban J connectivity index is 1.81. The van der Waals surface area contributed by atoms with Crippen LogP contribution in [0.15, 0.2) is 24.5 Å². The summed E-state index contributed by atoms with van der Waals surface area (Å²) in [6, 6.07) is 3.55. The second kappa shape index (κ2) is 7.89. The molecule has 1 atom stereocenters. The van der Waals surface area contributed by atoms with E-state index in [2.05, 4.69) is 10.3 Å². The SMILES string of the molecule is CCO[C@@H](C)C(=O)NC1CCN(C(=O)c2ccncc2)CC1. The number of aromatic nitrogens is 1. The first-order valence-corrected chi connectivity index (χ1v) is 7.73. The molecule has 2 heterocycles. The lowest BCUT2D eigenvalue weighted by Crippen LogP contribution is -2.48. The molecule has 6 nitrogen and oxygen atoms in total. The molecular formula is C16H23N3O3. The molecule has 22 heavy (non-hydrogen) atoms. The van der Waals surface area contributed by atoms with Crippen LogP contribution in [0.3, 0.4) is 0 Å². The van der Waals surface area contributed by atoms with Gasteiger partial charge in [0.15, 0.2) is 0 Å². The average molecular weight is 305 g/mol. The van der Waals surface area contributed by atoms with Crippen molar-refractivity contribution in [2.75, 3.05) is 19.7 Å². The Morgan fingerprint density at radius 2 is 2.00 bits per heavy atom. The molecule has 120 valence electrons. The van der Waals surface area contributed by atoms with Crippen LogP contribution in [0.4, 0.5) is 0 Å². The average Bonchev–Trinajstić information content (AvgIpc) is 2.56. The zero-order chi connectivity index (χ0) is 15.9. The van der Waals surface area contributed by atoms with Crippen LogP contribution in [-0.4, -0.2) is 53.5 Å². The van der Waals surface area contributed by atoms with Gasteiger partial charge in [0.05, 0.1) is 0 Å². The number of likely N-dealkylation sites (tertiary alicyclic amines) is 1. The Bertz CT molecular complexity index is 499. The minimum absolute atomic E-state index is 0.0230. The third kappa shape index (κ3) is 4.27. The number of rotatable bonds is 5. The van der Waals surface area contributed by atoms with E-state index in [1.807, 2.05) is 11.8 Å². The Hall–Kier alpha value is -1.95. The lowest BCUT2D eigenvalue weighted by molar-refractivity contribution is -0.132. The molecule has 0 bridgehead atoms. The van der Waals surface area contributed by atoms with E-state index >= 15 is 0 Å². The second-order valence-corrected chi connectivity index (χ2v) is 5.41. The van der Waals surface area contributed by atoms with E-state index in [1.165, 1.54) is 0 Å². The first kappa shape index (κ1) is 16.4. The van der Waals surface area contributed by atoms with Crippen molar-refractivity contribution in [1.82, 2.24) is 15.2 Å². The number of nitrogens with one attached hydrogen (secondary N) is 1. The Morgan fingerprint density at radius 3 is 2.59 bits per heavy atom. The molecule has 1 saturated heterocycles. The summed E-state index contributed by atoms with van der Waals surface area (Å²) in [5.41, 5.74) is 0.655. The van der Waals surface area contributed by atoms with Gasteiger partial charge >= 0.3 is 0 Å². The quantitative estimate of drug-likeness (QED) is 0.888. The normalized spacial score (nSPS) is 17.1. The molecule has 0 aliphatic carbocycles. The maximum Gasteiger partial charge on any atom is 0.253 e. The smallest absolute Gasteiger partial charge is 0.253 e. The molecule has 2 amide bonds. The number of ether oxygens (including phenoxy) is 1. The maximum absolute atomic E-state index is 12.3. The van der Waals surface area contributed by atoms with Gasteiger partial charge in [-0.15, -0.1) is 0 Å². The van der Waals surface area contributed by atoms with E-state index in [-0.39, 0.29) is 17.9 Å². The highest BCUT2D eigenvalue weighted by atomic mass is 16.5. The van der Waals surface area contributed by atoms with E-state index in [0.29, 0.717) is 25.3 Å². The first-order valence-electron chi connectivity index (χ1n) is 7.73. The van der Waals surface area contributed by atoms with E-state index in [1.54, 1.807) is 31.5 Å². The number of nitrogens with zero attached hydrogens (tertiary/aromatic N) is 2. The Labute approximate surface area is 130 Å². The van der Waals surface area contributed by atoms with Gasteiger partial charge < -0.3 is 15.0 Å². The minimum Gasteiger partial charge on any atom is -0.369 e. The number of carbonyl (C=O) groups excluding carboxylic acids is 2. The highest BCUT2D eigenvalue weighted by Gasteiger charge is 2.25. The van der Waals surface area contributed by atoms with E-state index in [0.717, 1.165) is 12.8 Å². The fourth-order valence-electron chi connectivity index (χ4n) is 2.55. The molecule has 2 rings (SSSR count). The monoisotopic (exact) mass is 305 g/mol. The van der Waals surface area contributed by atoms with Gasteiger partial charge in [-0.25, -0.2) is 0 Å².